The van der Waals surface area contributed by atoms with Gasteiger partial charge in [0.2, 0.25) is 0 Å². The first-order valence-electron chi connectivity index (χ1n) is 11.1. The molecular weight excluding hydrogens is 515 g/mol. The zero-order chi connectivity index (χ0) is 26.8. The van der Waals surface area contributed by atoms with Crippen LogP contribution in [0.3, 0.4) is 0 Å². The summed E-state index contributed by atoms with van der Waals surface area (Å²) >= 11 is 5.91. The van der Waals surface area contributed by atoms with Crippen molar-refractivity contribution in [3.63, 3.8) is 0 Å². The fraction of sp³-hybridized carbons (Fsp3) is 0.292. The van der Waals surface area contributed by atoms with Crippen molar-refractivity contribution < 1.29 is 32.0 Å². The molecule has 9 nitrogen and oxygen atoms in total. The molecule has 0 unspecified atom stereocenters. The van der Waals surface area contributed by atoms with Gasteiger partial charge in [0.05, 0.1) is 17.6 Å². The first-order valence-corrected chi connectivity index (χ1v) is 11.5. The van der Waals surface area contributed by atoms with E-state index in [0.717, 1.165) is 5.56 Å². The number of aromatic nitrogens is 1. The number of hydrogen-bond donors (Lipinski definition) is 3. The highest BCUT2D eigenvalue weighted by atomic mass is 35.5. The Labute approximate surface area is 215 Å². The lowest BCUT2D eigenvalue weighted by Gasteiger charge is -2.28. The fourth-order valence-electron chi connectivity index (χ4n) is 3.20. The highest BCUT2D eigenvalue weighted by molar-refractivity contribution is 6.31. The number of hydrogen-bond acceptors (Lipinski definition) is 6. The molecule has 1 heterocycles. The minimum atomic E-state index is -2.61. The summed E-state index contributed by atoms with van der Waals surface area (Å²) in [5.41, 5.74) is 1.11. The van der Waals surface area contributed by atoms with Crippen LogP contribution in [0.1, 0.15) is 5.56 Å². The van der Waals surface area contributed by atoms with E-state index >= 15 is 0 Å². The molecule has 37 heavy (non-hydrogen) atoms. The number of amides is 3. The number of halogens is 4. The van der Waals surface area contributed by atoms with E-state index in [2.05, 4.69) is 21.1 Å². The molecule has 0 fully saturated rings. The molecule has 0 aliphatic rings. The quantitative estimate of drug-likeness (QED) is 0.324. The van der Waals surface area contributed by atoms with E-state index in [-0.39, 0.29) is 30.5 Å². The Morgan fingerprint density at radius 3 is 2.62 bits per heavy atom. The van der Waals surface area contributed by atoms with E-state index in [4.69, 9.17) is 20.9 Å². The smallest absolute Gasteiger partial charge is 0.412 e. The molecule has 1 aromatic heterocycles. The van der Waals surface area contributed by atoms with Crippen LogP contribution < -0.4 is 16.0 Å². The van der Waals surface area contributed by atoms with E-state index < -0.39 is 37.0 Å². The topological polar surface area (TPSA) is 109 Å². The van der Waals surface area contributed by atoms with Crippen molar-refractivity contribution >= 4 is 29.5 Å². The van der Waals surface area contributed by atoms with Gasteiger partial charge in [-0.15, -0.1) is 0 Å². The molecule has 2 aromatic carbocycles. The molecule has 3 amide bonds. The summed E-state index contributed by atoms with van der Waals surface area (Å²) < 4.78 is 49.2. The molecule has 1 atom stereocenters. The number of nitrogens with one attached hydrogen (secondary N) is 3. The average molecular weight is 540 g/mol. The number of carbonyl (C=O) groups is 2. The maximum absolute atomic E-state index is 13.6. The van der Waals surface area contributed by atoms with Gasteiger partial charge < -0.3 is 24.8 Å². The summed E-state index contributed by atoms with van der Waals surface area (Å²) in [6.07, 6.45) is -3.49. The number of anilines is 1. The maximum Gasteiger partial charge on any atom is 0.412 e. The summed E-state index contributed by atoms with van der Waals surface area (Å²) in [5, 5.41) is 11.2. The Balaban J connectivity index is 1.56. The predicted octanol–water partition coefficient (Wildman–Crippen LogP) is 4.75. The maximum atomic E-state index is 13.6. The highest BCUT2D eigenvalue weighted by Gasteiger charge is 2.23. The van der Waals surface area contributed by atoms with Crippen LogP contribution in [0.2, 0.25) is 5.02 Å². The number of urea groups is 1. The number of rotatable bonds is 11. The summed E-state index contributed by atoms with van der Waals surface area (Å²) in [6, 6.07) is 13.4. The Kier molecular flexibility index (Phi) is 10.2. The first-order chi connectivity index (χ1) is 17.7. The number of benzene rings is 2. The average Bonchev–Trinajstić information content (AvgIpc) is 3.35. The van der Waals surface area contributed by atoms with Gasteiger partial charge in [0.1, 0.15) is 12.4 Å². The number of carbonyl (C=O) groups excluding carboxylic acids is 2. The highest BCUT2D eigenvalue weighted by Crippen LogP contribution is 2.22. The van der Waals surface area contributed by atoms with Crippen molar-refractivity contribution in [1.82, 2.24) is 20.7 Å². The van der Waals surface area contributed by atoms with Crippen molar-refractivity contribution in [2.24, 2.45) is 0 Å². The van der Waals surface area contributed by atoms with Crippen LogP contribution in [0.15, 0.2) is 59.1 Å². The third kappa shape index (κ3) is 8.40. The largest absolute Gasteiger partial charge is 0.447 e. The van der Waals surface area contributed by atoms with E-state index in [0.29, 0.717) is 11.3 Å². The lowest BCUT2D eigenvalue weighted by Crippen LogP contribution is -2.50. The molecule has 13 heteroatoms. The lowest BCUT2D eigenvalue weighted by molar-refractivity contribution is 0.109. The molecule has 198 valence electrons. The van der Waals surface area contributed by atoms with E-state index in [1.807, 2.05) is 30.3 Å². The van der Waals surface area contributed by atoms with E-state index in [9.17, 15) is 22.8 Å². The van der Waals surface area contributed by atoms with Gasteiger partial charge in [-0.3, -0.25) is 5.32 Å². The number of nitrogens with zero attached hydrogens (tertiary/aromatic N) is 2. The Hall–Kier alpha value is -3.77. The van der Waals surface area contributed by atoms with Gasteiger partial charge in [-0.2, -0.15) is 0 Å². The van der Waals surface area contributed by atoms with E-state index in [1.54, 1.807) is 6.07 Å². The minimum absolute atomic E-state index is 0.0752. The van der Waals surface area contributed by atoms with Crippen LogP contribution in [0.4, 0.5) is 28.6 Å². The van der Waals surface area contributed by atoms with Gasteiger partial charge in [-0.25, -0.2) is 22.8 Å². The van der Waals surface area contributed by atoms with Crippen molar-refractivity contribution in [1.29, 1.82) is 0 Å². The van der Waals surface area contributed by atoms with Gasteiger partial charge >= 0.3 is 12.1 Å². The Morgan fingerprint density at radius 2 is 1.89 bits per heavy atom. The van der Waals surface area contributed by atoms with Crippen LogP contribution in [0, 0.1) is 5.82 Å². The van der Waals surface area contributed by atoms with E-state index in [1.165, 1.54) is 30.1 Å². The van der Waals surface area contributed by atoms with Gasteiger partial charge in [0.15, 0.2) is 11.6 Å². The van der Waals surface area contributed by atoms with Gasteiger partial charge in [-0.1, -0.05) is 59.2 Å². The van der Waals surface area contributed by atoms with Crippen LogP contribution in [-0.2, 0) is 11.3 Å². The van der Waals surface area contributed by atoms with Gasteiger partial charge in [0.25, 0.3) is 6.43 Å². The molecule has 3 aromatic rings. The zero-order valence-corrected chi connectivity index (χ0v) is 20.5. The summed E-state index contributed by atoms with van der Waals surface area (Å²) in [5.74, 6) is -0.0904. The summed E-state index contributed by atoms with van der Waals surface area (Å²) in [6.45, 7) is -1.10. The third-order valence-corrected chi connectivity index (χ3v) is 5.64. The molecule has 0 saturated heterocycles. The van der Waals surface area contributed by atoms with Gasteiger partial charge in [0, 0.05) is 31.8 Å². The van der Waals surface area contributed by atoms with Crippen molar-refractivity contribution in [2.45, 2.75) is 19.0 Å². The molecule has 0 radical (unpaired) electrons. The van der Waals surface area contributed by atoms with Crippen molar-refractivity contribution in [3.05, 3.63) is 71.0 Å². The SMILES string of the molecule is CN(C(=O)NCc1cccc(F)c1Cl)[C@@H](CNCC(F)F)COC(=O)Nc1cc(-c2ccccc2)on1. The monoisotopic (exact) mass is 539 g/mol. The lowest BCUT2D eigenvalue weighted by atomic mass is 10.2. The second-order valence-electron chi connectivity index (χ2n) is 7.85. The first kappa shape index (κ1) is 27.8. The number of ether oxygens (including phenoxy) is 1. The zero-order valence-electron chi connectivity index (χ0n) is 19.7. The fourth-order valence-corrected chi connectivity index (χ4v) is 3.39. The molecule has 3 rings (SSSR count). The second-order valence-corrected chi connectivity index (χ2v) is 8.23. The normalized spacial score (nSPS) is 11.7. The molecule has 0 bridgehead atoms. The van der Waals surface area contributed by atoms with Gasteiger partial charge in [-0.05, 0) is 11.6 Å². The van der Waals surface area contributed by atoms with Crippen molar-refractivity contribution in [3.8, 4) is 11.3 Å². The Bertz CT molecular complexity index is 1180. The molecule has 0 aliphatic heterocycles. The standard InChI is InChI=1S/C24H25ClF3N5O4/c1-33(23(34)30-11-16-8-5-9-18(26)22(16)25)17(12-29-13-20(27)28)14-36-24(35)31-21-10-19(37-32-21)15-6-3-2-4-7-15/h2-10,17,20,29H,11-14H2,1H3,(H,30,34)(H,31,32,35)/t17-/m0/s1. The second kappa shape index (κ2) is 13.5. The number of likely N-dealkylation sites (N-methyl/N-ethyl adjacent to an activating group) is 1. The molecule has 0 spiro atoms. The molecular formula is C24H25ClF3N5O4. The van der Waals surface area contributed by atoms with Crippen LogP contribution in [-0.4, -0.2) is 61.4 Å². The van der Waals surface area contributed by atoms with Crippen LogP contribution in [0.5, 0.6) is 0 Å². The molecule has 0 aliphatic carbocycles. The minimum Gasteiger partial charge on any atom is -0.447 e. The van der Waals surface area contributed by atoms with Crippen molar-refractivity contribution in [2.75, 3.05) is 32.1 Å². The van der Waals surface area contributed by atoms with Crippen LogP contribution >= 0.6 is 11.6 Å². The molecule has 3 N–H and O–H groups in total. The Morgan fingerprint density at radius 1 is 1.14 bits per heavy atom. The summed E-state index contributed by atoms with van der Waals surface area (Å²) in [4.78, 5) is 26.1. The third-order valence-electron chi connectivity index (χ3n) is 5.21. The number of alkyl halides is 2. The predicted molar refractivity (Wildman–Crippen MR) is 131 cm³/mol. The van der Waals surface area contributed by atoms with Crippen LogP contribution in [0.25, 0.3) is 11.3 Å². The molecule has 0 saturated carbocycles. The summed E-state index contributed by atoms with van der Waals surface area (Å²) in [7, 11) is 1.41.